The van der Waals surface area contributed by atoms with Crippen LogP contribution >= 0.6 is 0 Å². The number of carbonyl (C=O) groups is 2. The van der Waals surface area contributed by atoms with Crippen molar-refractivity contribution in [3.05, 3.63) is 0 Å². The van der Waals surface area contributed by atoms with Crippen LogP contribution in [0.15, 0.2) is 0 Å². The van der Waals surface area contributed by atoms with Gasteiger partial charge in [-0.3, -0.25) is 14.5 Å². The molecule has 0 aromatic carbocycles. The maximum Gasteiger partial charge on any atom is 0.309 e. The summed E-state index contributed by atoms with van der Waals surface area (Å²) < 4.78 is 34.1. The number of aliphatic carboxylic acids is 1. The predicted octanol–water partition coefficient (Wildman–Crippen LogP) is 7.97. The second-order valence-electron chi connectivity index (χ2n) is 24.7. The SMILES string of the molecule is CC(C)S(=O)(=O)N1CCN([C@H](CN[C@]23CC[C@@H](C4(C)CC4)[C@@H]2[C@H]2CC[C@@H]4[C@@]5(C)CC[C@H](OC(=O)[C@H]6C[C@@H](C(=O)O)C6(C)C)C(C)(C)[C@@H]5CC[C@@]4(C)[C@]2(C)CC3)[C@@H](C)O)CC1. The lowest BCUT2D eigenvalue weighted by molar-refractivity contribution is -0.250. The molecule has 8 aliphatic rings. The lowest BCUT2D eigenvalue weighted by Gasteiger charge is -2.73. The molecule has 1 aliphatic heterocycles. The molecule has 3 N–H and O–H groups in total. The van der Waals surface area contributed by atoms with Gasteiger partial charge < -0.3 is 20.3 Å². The van der Waals surface area contributed by atoms with Crippen LogP contribution in [0.3, 0.4) is 0 Å². The Morgan fingerprint density at radius 2 is 1.40 bits per heavy atom. The number of aliphatic hydroxyl groups is 1. The molecular formula is C49H83N3O7S. The highest BCUT2D eigenvalue weighted by Gasteiger charge is 2.72. The molecule has 11 heteroatoms. The molecule has 14 atom stereocenters. The molecular weight excluding hydrogens is 775 g/mol. The topological polar surface area (TPSA) is 136 Å². The smallest absolute Gasteiger partial charge is 0.309 e. The molecule has 0 amide bonds. The number of esters is 1. The molecule has 0 bridgehead atoms. The summed E-state index contributed by atoms with van der Waals surface area (Å²) >= 11 is 0. The van der Waals surface area contributed by atoms with E-state index >= 15 is 0 Å². The number of nitrogens with one attached hydrogen (secondary N) is 1. The summed E-state index contributed by atoms with van der Waals surface area (Å²) in [6.45, 7) is 27.6. The number of carbonyl (C=O) groups excluding carboxylic acids is 1. The van der Waals surface area contributed by atoms with Gasteiger partial charge in [-0.1, -0.05) is 55.4 Å². The van der Waals surface area contributed by atoms with Gasteiger partial charge >= 0.3 is 11.9 Å². The zero-order valence-corrected chi connectivity index (χ0v) is 40.1. The molecule has 7 aliphatic carbocycles. The van der Waals surface area contributed by atoms with E-state index < -0.39 is 38.7 Å². The van der Waals surface area contributed by atoms with Gasteiger partial charge in [-0.05, 0) is 161 Å². The number of hydrogen-bond acceptors (Lipinski definition) is 8. The summed E-state index contributed by atoms with van der Waals surface area (Å²) in [6.07, 6.45) is 14.1. The van der Waals surface area contributed by atoms with Gasteiger partial charge in [-0.15, -0.1) is 0 Å². The van der Waals surface area contributed by atoms with Crippen molar-refractivity contribution < 1.29 is 33.0 Å². The molecule has 8 rings (SSSR count). The predicted molar refractivity (Wildman–Crippen MR) is 235 cm³/mol. The summed E-state index contributed by atoms with van der Waals surface area (Å²) in [5.41, 5.74) is 0.326. The summed E-state index contributed by atoms with van der Waals surface area (Å²) in [5, 5.41) is 24.9. The van der Waals surface area contributed by atoms with Gasteiger partial charge in [0.15, 0.2) is 0 Å². The van der Waals surface area contributed by atoms with Crippen molar-refractivity contribution >= 4 is 22.0 Å². The summed E-state index contributed by atoms with van der Waals surface area (Å²) in [4.78, 5) is 27.9. The number of ether oxygens (including phenoxy) is 1. The van der Waals surface area contributed by atoms with E-state index in [1.807, 2.05) is 20.8 Å². The third-order valence-electron chi connectivity index (χ3n) is 21.3. The Labute approximate surface area is 363 Å². The molecule has 60 heavy (non-hydrogen) atoms. The Kier molecular flexibility index (Phi) is 11.2. The maximum absolute atomic E-state index is 13.7. The van der Waals surface area contributed by atoms with Gasteiger partial charge in [0.25, 0.3) is 0 Å². The standard InChI is InChI=1S/C49H83N3O7S/c1-30(2)60(57,58)52-26-24-51(25-27-52)36(31(3)53)29-50-49-19-14-32(45(8)20-21-45)40(49)33-12-13-38-46(9)17-16-39(59-42(56)35-28-34(41(54)55)43(35,4)5)44(6,7)37(46)15-18-48(38,11)47(33,10)22-23-49/h30-40,50,53H,12-29H2,1-11H3,(H,54,55)/t31-,32-,33-,34+,35-,36-,37+,38-,39+,40-,46+,47-,48-,49+/m1/s1. The first kappa shape index (κ1) is 45.3. The van der Waals surface area contributed by atoms with Crippen molar-refractivity contribution in [1.29, 1.82) is 0 Å². The highest BCUT2D eigenvalue weighted by Crippen LogP contribution is 2.78. The average molecular weight is 858 g/mol. The number of carboxylic acids is 1. The first-order chi connectivity index (χ1) is 27.8. The molecule has 0 aromatic heterocycles. The van der Waals surface area contributed by atoms with Crippen LogP contribution in [0.2, 0.25) is 0 Å². The van der Waals surface area contributed by atoms with E-state index in [4.69, 9.17) is 4.74 Å². The number of rotatable bonds is 11. The van der Waals surface area contributed by atoms with E-state index in [0.717, 1.165) is 25.8 Å². The first-order valence-electron chi connectivity index (χ1n) is 24.4. The lowest BCUT2D eigenvalue weighted by atomic mass is 9.32. The minimum atomic E-state index is -3.29. The molecule has 1 saturated heterocycles. The molecule has 7 saturated carbocycles. The number of piperazine rings is 1. The highest BCUT2D eigenvalue weighted by atomic mass is 32.2. The van der Waals surface area contributed by atoms with Crippen LogP contribution in [0.4, 0.5) is 0 Å². The minimum Gasteiger partial charge on any atom is -0.481 e. The van der Waals surface area contributed by atoms with E-state index in [1.54, 1.807) is 18.2 Å². The third kappa shape index (κ3) is 6.65. The number of aliphatic hydroxyl groups excluding tert-OH is 1. The van der Waals surface area contributed by atoms with Crippen molar-refractivity contribution in [2.75, 3.05) is 32.7 Å². The van der Waals surface area contributed by atoms with Gasteiger partial charge in [0.05, 0.1) is 23.2 Å². The van der Waals surface area contributed by atoms with Gasteiger partial charge in [0.1, 0.15) is 6.10 Å². The zero-order valence-electron chi connectivity index (χ0n) is 39.3. The normalized spacial score (nSPS) is 45.5. The summed E-state index contributed by atoms with van der Waals surface area (Å²) in [5.74, 6) is 1.17. The minimum absolute atomic E-state index is 0.0593. The van der Waals surface area contributed by atoms with Crippen molar-refractivity contribution in [1.82, 2.24) is 14.5 Å². The van der Waals surface area contributed by atoms with Crippen molar-refractivity contribution in [3.63, 3.8) is 0 Å². The number of fused-ring (bicyclic) bond motifs is 7. The Morgan fingerprint density at radius 3 is 1.98 bits per heavy atom. The zero-order chi connectivity index (χ0) is 43.8. The van der Waals surface area contributed by atoms with Crippen LogP contribution in [0, 0.1) is 73.9 Å². The second kappa shape index (κ2) is 14.9. The lowest BCUT2D eigenvalue weighted by Crippen LogP contribution is -2.69. The van der Waals surface area contributed by atoms with Crippen LogP contribution in [-0.2, 0) is 24.3 Å². The largest absolute Gasteiger partial charge is 0.481 e. The van der Waals surface area contributed by atoms with Crippen molar-refractivity contribution in [2.24, 2.45) is 73.9 Å². The molecule has 0 radical (unpaired) electrons. The van der Waals surface area contributed by atoms with Gasteiger partial charge in [-0.2, -0.15) is 4.31 Å². The third-order valence-corrected chi connectivity index (χ3v) is 23.6. The molecule has 0 aromatic rings. The molecule has 0 unspecified atom stereocenters. The second-order valence-corrected chi connectivity index (χ2v) is 27.1. The molecule has 1 heterocycles. The fourth-order valence-corrected chi connectivity index (χ4v) is 18.2. The quantitative estimate of drug-likeness (QED) is 0.177. The van der Waals surface area contributed by atoms with Crippen molar-refractivity contribution in [3.8, 4) is 0 Å². The highest BCUT2D eigenvalue weighted by molar-refractivity contribution is 7.89. The summed E-state index contributed by atoms with van der Waals surface area (Å²) in [7, 11) is -3.29. The van der Waals surface area contributed by atoms with Crippen LogP contribution in [-0.4, -0.2) is 102 Å². The van der Waals surface area contributed by atoms with E-state index in [-0.39, 0.29) is 51.2 Å². The van der Waals surface area contributed by atoms with Crippen LogP contribution in [0.25, 0.3) is 0 Å². The fraction of sp³-hybridized carbons (Fsp3) is 0.959. The Morgan fingerprint density at radius 1 is 0.733 bits per heavy atom. The van der Waals surface area contributed by atoms with Gasteiger partial charge in [-0.25, -0.2) is 8.42 Å². The van der Waals surface area contributed by atoms with Crippen LogP contribution in [0.1, 0.15) is 160 Å². The molecule has 342 valence electrons. The maximum atomic E-state index is 13.7. The van der Waals surface area contributed by atoms with Gasteiger partial charge in [0.2, 0.25) is 10.0 Å². The van der Waals surface area contributed by atoms with Gasteiger partial charge in [0, 0.05) is 49.7 Å². The Hall–Kier alpha value is -1.27. The fourth-order valence-electron chi connectivity index (χ4n) is 16.9. The van der Waals surface area contributed by atoms with Crippen LogP contribution < -0.4 is 5.32 Å². The van der Waals surface area contributed by atoms with E-state index in [0.29, 0.717) is 67.6 Å². The van der Waals surface area contributed by atoms with E-state index in [1.165, 1.54) is 57.8 Å². The number of nitrogens with zero attached hydrogens (tertiary/aromatic N) is 2. The average Bonchev–Trinajstić information content (AvgIpc) is 3.78. The van der Waals surface area contributed by atoms with E-state index in [9.17, 15) is 28.2 Å². The Bertz CT molecular complexity index is 1790. The summed E-state index contributed by atoms with van der Waals surface area (Å²) in [6, 6.07) is -0.0593. The first-order valence-corrected chi connectivity index (χ1v) is 25.9. The Balaban J connectivity index is 1.00. The van der Waals surface area contributed by atoms with Crippen molar-refractivity contribution in [2.45, 2.75) is 189 Å². The monoisotopic (exact) mass is 858 g/mol. The number of hydrogen-bond donors (Lipinski definition) is 3. The number of sulfonamides is 1. The molecule has 10 nitrogen and oxygen atoms in total. The molecule has 0 spiro atoms. The molecule has 8 fully saturated rings. The van der Waals surface area contributed by atoms with Crippen LogP contribution in [0.5, 0.6) is 0 Å². The number of carboxylic acid groups (broad SMARTS) is 1. The van der Waals surface area contributed by atoms with E-state index in [2.05, 4.69) is 51.8 Å².